The summed E-state index contributed by atoms with van der Waals surface area (Å²) in [4.78, 5) is 27.0. The van der Waals surface area contributed by atoms with Crippen molar-refractivity contribution in [3.05, 3.63) is 70.8 Å². The highest BCUT2D eigenvalue weighted by Crippen LogP contribution is 2.37. The van der Waals surface area contributed by atoms with Crippen LogP contribution >= 0.6 is 0 Å². The SMILES string of the molecule is CCCN1CCC2(CC1)CC(c1ccc(C(=N)N)cc1)=NO2.N=C(N)c1ccc(C2=NOC3(CCN(CCC(=O)O)CC3)C2)cc1. The number of carboxylic acid groups (broad SMARTS) is 1. The molecule has 2 fully saturated rings. The largest absolute Gasteiger partial charge is 0.481 e. The molecule has 0 saturated carbocycles. The normalized spacial score (nSPS) is 20.2. The molecule has 4 aliphatic rings. The third-order valence-electron chi connectivity index (χ3n) is 9.45. The molecule has 6 rings (SSSR count). The fourth-order valence-electron chi connectivity index (χ4n) is 6.51. The van der Waals surface area contributed by atoms with E-state index in [0.717, 1.165) is 92.8 Å². The summed E-state index contributed by atoms with van der Waals surface area (Å²) in [6.07, 6.45) is 6.83. The molecule has 0 unspecified atom stereocenters. The Kier molecular flexibility index (Phi) is 10.4. The zero-order valence-electron chi connectivity index (χ0n) is 26.6. The van der Waals surface area contributed by atoms with Gasteiger partial charge in [0.1, 0.15) is 22.9 Å². The number of likely N-dealkylation sites (tertiary alicyclic amines) is 2. The van der Waals surface area contributed by atoms with Crippen molar-refractivity contribution in [1.29, 1.82) is 10.8 Å². The number of amidine groups is 2. The first-order valence-electron chi connectivity index (χ1n) is 16.2. The van der Waals surface area contributed by atoms with Gasteiger partial charge in [-0.3, -0.25) is 15.6 Å². The smallest absolute Gasteiger partial charge is 0.304 e. The molecule has 0 amide bonds. The van der Waals surface area contributed by atoms with Crippen molar-refractivity contribution < 1.29 is 19.6 Å². The van der Waals surface area contributed by atoms with E-state index >= 15 is 0 Å². The second kappa shape index (κ2) is 14.4. The summed E-state index contributed by atoms with van der Waals surface area (Å²) in [6.45, 7) is 7.85. The topological polar surface area (TPSA) is 187 Å². The Morgan fingerprint density at radius 1 is 0.761 bits per heavy atom. The number of rotatable bonds is 9. The maximum Gasteiger partial charge on any atom is 0.304 e. The van der Waals surface area contributed by atoms with E-state index in [1.165, 1.54) is 13.0 Å². The molecular formula is C34H46N8O4. The molecule has 2 aromatic rings. The molecule has 12 heteroatoms. The van der Waals surface area contributed by atoms with E-state index in [1.54, 1.807) is 0 Å². The van der Waals surface area contributed by atoms with E-state index in [9.17, 15) is 4.79 Å². The lowest BCUT2D eigenvalue weighted by Gasteiger charge is -2.37. The first-order valence-corrected chi connectivity index (χ1v) is 16.2. The minimum atomic E-state index is -0.757. The lowest BCUT2D eigenvalue weighted by atomic mass is 9.85. The van der Waals surface area contributed by atoms with E-state index in [1.807, 2.05) is 48.5 Å². The van der Waals surface area contributed by atoms with Crippen LogP contribution in [-0.4, -0.2) is 94.4 Å². The lowest BCUT2D eigenvalue weighted by Crippen LogP contribution is -2.45. The minimum Gasteiger partial charge on any atom is -0.481 e. The predicted octanol–water partition coefficient (Wildman–Crippen LogP) is 3.74. The Morgan fingerprint density at radius 2 is 1.15 bits per heavy atom. The Labute approximate surface area is 270 Å². The molecule has 0 aliphatic carbocycles. The van der Waals surface area contributed by atoms with Crippen LogP contribution in [0.5, 0.6) is 0 Å². The monoisotopic (exact) mass is 630 g/mol. The van der Waals surface area contributed by atoms with Crippen LogP contribution in [0, 0.1) is 10.8 Å². The van der Waals surface area contributed by atoms with Crippen molar-refractivity contribution >= 4 is 29.1 Å². The number of oxime groups is 2. The number of hydrogen-bond donors (Lipinski definition) is 5. The van der Waals surface area contributed by atoms with E-state index in [0.29, 0.717) is 12.1 Å². The maximum absolute atomic E-state index is 10.7. The standard InChI is InChI=1S/C17H22N4O3.C17H24N4O/c18-16(19)13-3-1-12(2-4-13)14-11-17(24-20-14)6-9-21(10-7-17)8-5-15(22)23;1-2-9-21-10-7-17(8-11-21)12-15(20-22-17)13-3-5-14(6-4-13)16(18)19/h1-4H,5-11H2,(H3,18,19)(H,22,23);3-6H,2,7-12H2,1H3,(H3,18,19). The van der Waals surface area contributed by atoms with Crippen LogP contribution in [0.1, 0.15) is 80.5 Å². The van der Waals surface area contributed by atoms with Crippen LogP contribution in [0.2, 0.25) is 0 Å². The third-order valence-corrected chi connectivity index (χ3v) is 9.45. The summed E-state index contributed by atoms with van der Waals surface area (Å²) < 4.78 is 0. The summed E-state index contributed by atoms with van der Waals surface area (Å²) in [5, 5.41) is 32.3. The number of carbonyl (C=O) groups is 1. The molecule has 2 aromatic carbocycles. The van der Waals surface area contributed by atoms with Gasteiger partial charge in [-0.25, -0.2) is 0 Å². The Morgan fingerprint density at radius 3 is 1.50 bits per heavy atom. The highest BCUT2D eigenvalue weighted by molar-refractivity contribution is 6.03. The van der Waals surface area contributed by atoms with Crippen LogP contribution in [0.25, 0.3) is 0 Å². The van der Waals surface area contributed by atoms with E-state index in [4.69, 9.17) is 37.1 Å². The quantitative estimate of drug-likeness (QED) is 0.205. The fraction of sp³-hybridized carbons (Fsp3) is 0.500. The minimum absolute atomic E-state index is 0.0522. The van der Waals surface area contributed by atoms with Crippen LogP contribution in [0.15, 0.2) is 58.8 Å². The molecule has 0 bridgehead atoms. The number of carboxylic acids is 1. The van der Waals surface area contributed by atoms with Gasteiger partial charge in [-0.2, -0.15) is 0 Å². The number of nitrogens with zero attached hydrogens (tertiary/aromatic N) is 4. The number of nitrogens with two attached hydrogens (primary N) is 2. The number of nitrogens with one attached hydrogen (secondary N) is 2. The number of aliphatic carboxylic acids is 1. The predicted molar refractivity (Wildman–Crippen MR) is 179 cm³/mol. The molecule has 4 heterocycles. The number of piperidine rings is 2. The molecule has 0 aromatic heterocycles. The molecule has 0 atom stereocenters. The van der Waals surface area contributed by atoms with Gasteiger partial charge in [-0.05, 0) is 24.1 Å². The van der Waals surface area contributed by atoms with Gasteiger partial charge >= 0.3 is 5.97 Å². The second-order valence-electron chi connectivity index (χ2n) is 12.8. The van der Waals surface area contributed by atoms with Crippen molar-refractivity contribution in [2.75, 3.05) is 39.3 Å². The third kappa shape index (κ3) is 8.10. The van der Waals surface area contributed by atoms with Crippen molar-refractivity contribution in [2.45, 2.75) is 69.5 Å². The summed E-state index contributed by atoms with van der Waals surface area (Å²) >= 11 is 0. The Hall–Kier alpha value is -4.29. The number of nitrogen functional groups attached to an aromatic ring is 2. The molecule has 2 saturated heterocycles. The molecule has 12 nitrogen and oxygen atoms in total. The van der Waals surface area contributed by atoms with Gasteiger partial charge in [-0.15, -0.1) is 0 Å². The van der Waals surface area contributed by atoms with Crippen molar-refractivity contribution in [2.24, 2.45) is 21.8 Å². The van der Waals surface area contributed by atoms with Crippen LogP contribution in [0.3, 0.4) is 0 Å². The Bertz CT molecular complexity index is 1450. The summed E-state index contributed by atoms with van der Waals surface area (Å²) in [7, 11) is 0. The molecule has 4 aliphatic heterocycles. The summed E-state index contributed by atoms with van der Waals surface area (Å²) in [5.74, 6) is -0.612. The second-order valence-corrected chi connectivity index (χ2v) is 12.8. The fourth-order valence-corrected chi connectivity index (χ4v) is 6.51. The molecule has 7 N–H and O–H groups in total. The van der Waals surface area contributed by atoms with E-state index < -0.39 is 5.97 Å². The molecule has 46 heavy (non-hydrogen) atoms. The van der Waals surface area contributed by atoms with Crippen LogP contribution in [0.4, 0.5) is 0 Å². The molecule has 0 radical (unpaired) electrons. The van der Waals surface area contributed by atoms with Gasteiger partial charge in [0, 0.05) is 82.4 Å². The summed E-state index contributed by atoms with van der Waals surface area (Å²) in [6, 6.07) is 15.2. The van der Waals surface area contributed by atoms with Crippen LogP contribution < -0.4 is 11.5 Å². The van der Waals surface area contributed by atoms with Crippen LogP contribution in [-0.2, 0) is 14.5 Å². The van der Waals surface area contributed by atoms with Gasteiger partial charge in [0.25, 0.3) is 0 Å². The number of benzene rings is 2. The zero-order valence-corrected chi connectivity index (χ0v) is 26.6. The molecular weight excluding hydrogens is 584 g/mol. The zero-order chi connectivity index (χ0) is 32.7. The van der Waals surface area contributed by atoms with Gasteiger partial charge in [0.15, 0.2) is 0 Å². The first-order chi connectivity index (χ1) is 22.1. The van der Waals surface area contributed by atoms with Crippen molar-refractivity contribution in [1.82, 2.24) is 9.80 Å². The van der Waals surface area contributed by atoms with Gasteiger partial charge in [-0.1, -0.05) is 65.8 Å². The number of hydrogen-bond acceptors (Lipinski definition) is 9. The highest BCUT2D eigenvalue weighted by Gasteiger charge is 2.43. The summed E-state index contributed by atoms with van der Waals surface area (Å²) in [5.41, 5.74) is 16.0. The van der Waals surface area contributed by atoms with Gasteiger partial charge in [0.05, 0.1) is 17.8 Å². The average Bonchev–Trinajstić information content (AvgIpc) is 3.67. The van der Waals surface area contributed by atoms with Crippen molar-refractivity contribution in [3.8, 4) is 0 Å². The Balaban J connectivity index is 0.000000182. The molecule has 246 valence electrons. The average molecular weight is 631 g/mol. The van der Waals surface area contributed by atoms with E-state index in [-0.39, 0.29) is 29.3 Å². The van der Waals surface area contributed by atoms with Crippen molar-refractivity contribution in [3.63, 3.8) is 0 Å². The van der Waals surface area contributed by atoms with Gasteiger partial charge < -0.3 is 36.0 Å². The van der Waals surface area contributed by atoms with E-state index in [2.05, 4.69) is 27.0 Å². The lowest BCUT2D eigenvalue weighted by molar-refractivity contribution is -0.137. The van der Waals surface area contributed by atoms with Gasteiger partial charge in [0.2, 0.25) is 0 Å². The molecule has 2 spiro atoms. The maximum atomic E-state index is 10.7. The first kappa shape index (κ1) is 33.1. The highest BCUT2D eigenvalue weighted by atomic mass is 16.7.